The van der Waals surface area contributed by atoms with Gasteiger partial charge in [-0.3, -0.25) is 9.69 Å². The fraction of sp³-hybridized carbons (Fsp3) is 0.409. The first kappa shape index (κ1) is 16.3. The lowest BCUT2D eigenvalue weighted by Crippen LogP contribution is -2.53. The molecule has 25 heavy (non-hydrogen) atoms. The molecule has 0 aromatic heterocycles. The predicted molar refractivity (Wildman–Crippen MR) is 100 cm³/mol. The van der Waals surface area contributed by atoms with Crippen molar-refractivity contribution in [1.29, 1.82) is 0 Å². The molecule has 0 aliphatic carbocycles. The number of hydrogen-bond donors (Lipinski definition) is 0. The molecule has 0 bridgehead atoms. The van der Waals surface area contributed by atoms with Gasteiger partial charge < -0.3 is 4.90 Å². The van der Waals surface area contributed by atoms with E-state index in [1.807, 2.05) is 4.90 Å². The van der Waals surface area contributed by atoms with Crippen LogP contribution in [0.25, 0.3) is 0 Å². The van der Waals surface area contributed by atoms with Gasteiger partial charge in [0.15, 0.2) is 0 Å². The molecule has 0 atom stereocenters. The summed E-state index contributed by atoms with van der Waals surface area (Å²) in [6, 6.07) is 22.1. The summed E-state index contributed by atoms with van der Waals surface area (Å²) in [6.07, 6.45) is 3.33. The van der Waals surface area contributed by atoms with Gasteiger partial charge in [0.25, 0.3) is 0 Å². The first-order chi connectivity index (χ1) is 12.3. The standard InChI is InChI=1S/C22H26N2O/c25-17-23-13-11-18(12-14-23)21-15-24(16-21)22(19-7-3-1-4-8-19)20-9-5-2-6-10-20/h1-10,17-18,21-22H,11-16H2. The lowest BCUT2D eigenvalue weighted by Gasteiger charge is -2.49. The van der Waals surface area contributed by atoms with Gasteiger partial charge in [0.2, 0.25) is 6.41 Å². The van der Waals surface area contributed by atoms with Crippen LogP contribution in [-0.2, 0) is 4.79 Å². The smallest absolute Gasteiger partial charge is 0.209 e. The number of benzene rings is 2. The second-order valence-electron chi connectivity index (χ2n) is 7.42. The third kappa shape index (κ3) is 3.47. The van der Waals surface area contributed by atoms with Gasteiger partial charge >= 0.3 is 0 Å². The van der Waals surface area contributed by atoms with Gasteiger partial charge in [0, 0.05) is 26.2 Å². The van der Waals surface area contributed by atoms with Gasteiger partial charge in [-0.1, -0.05) is 60.7 Å². The lowest BCUT2D eigenvalue weighted by atomic mass is 9.78. The molecular weight excluding hydrogens is 308 g/mol. The first-order valence-electron chi connectivity index (χ1n) is 9.38. The van der Waals surface area contributed by atoms with E-state index >= 15 is 0 Å². The molecule has 1 amide bonds. The number of piperidine rings is 1. The zero-order chi connectivity index (χ0) is 17.1. The molecular formula is C22H26N2O. The highest BCUT2D eigenvalue weighted by Gasteiger charge is 2.38. The van der Waals surface area contributed by atoms with Crippen molar-refractivity contribution in [3.05, 3.63) is 71.8 Å². The third-order valence-electron chi connectivity index (χ3n) is 5.92. The lowest BCUT2D eigenvalue weighted by molar-refractivity contribution is -0.120. The number of carbonyl (C=O) groups excluding carboxylic acids is 1. The molecule has 2 aromatic carbocycles. The van der Waals surface area contributed by atoms with Crippen molar-refractivity contribution in [2.45, 2.75) is 18.9 Å². The number of rotatable bonds is 5. The molecule has 0 unspecified atom stereocenters. The van der Waals surface area contributed by atoms with Gasteiger partial charge in [-0.15, -0.1) is 0 Å². The summed E-state index contributed by atoms with van der Waals surface area (Å²) in [7, 11) is 0. The summed E-state index contributed by atoms with van der Waals surface area (Å²) in [5, 5.41) is 0. The molecule has 2 saturated heterocycles. The van der Waals surface area contributed by atoms with Crippen LogP contribution in [0, 0.1) is 11.8 Å². The zero-order valence-corrected chi connectivity index (χ0v) is 14.6. The molecule has 0 saturated carbocycles. The second kappa shape index (κ2) is 7.40. The van der Waals surface area contributed by atoms with Gasteiger partial charge in [-0.2, -0.15) is 0 Å². The van der Waals surface area contributed by atoms with Gasteiger partial charge in [-0.05, 0) is 35.8 Å². The Morgan fingerprint density at radius 2 is 1.32 bits per heavy atom. The van der Waals surface area contributed by atoms with E-state index < -0.39 is 0 Å². The van der Waals surface area contributed by atoms with Crippen molar-refractivity contribution >= 4 is 6.41 Å². The molecule has 4 rings (SSSR count). The normalized spacial score (nSPS) is 19.8. The Morgan fingerprint density at radius 1 is 0.800 bits per heavy atom. The molecule has 2 aliphatic heterocycles. The van der Waals surface area contributed by atoms with Gasteiger partial charge in [0.1, 0.15) is 0 Å². The average molecular weight is 334 g/mol. The Kier molecular flexibility index (Phi) is 4.84. The van der Waals surface area contributed by atoms with E-state index in [0.29, 0.717) is 6.04 Å². The highest BCUT2D eigenvalue weighted by molar-refractivity contribution is 5.47. The second-order valence-corrected chi connectivity index (χ2v) is 7.42. The Labute approximate surface area is 150 Å². The number of hydrogen-bond acceptors (Lipinski definition) is 2. The van der Waals surface area contributed by atoms with Crippen LogP contribution in [0.15, 0.2) is 60.7 Å². The molecule has 2 aliphatic rings. The van der Waals surface area contributed by atoms with Crippen LogP contribution in [-0.4, -0.2) is 42.4 Å². The van der Waals surface area contributed by atoms with Crippen molar-refractivity contribution in [1.82, 2.24) is 9.80 Å². The van der Waals surface area contributed by atoms with E-state index in [-0.39, 0.29) is 0 Å². The molecule has 0 radical (unpaired) electrons. The van der Waals surface area contributed by atoms with Crippen LogP contribution in [0.1, 0.15) is 30.0 Å². The quantitative estimate of drug-likeness (QED) is 0.781. The van der Waals surface area contributed by atoms with E-state index in [1.54, 1.807) is 0 Å². The summed E-state index contributed by atoms with van der Waals surface area (Å²) in [6.45, 7) is 4.21. The van der Waals surface area contributed by atoms with Crippen molar-refractivity contribution in [2.75, 3.05) is 26.2 Å². The number of nitrogens with zero attached hydrogens (tertiary/aromatic N) is 2. The maximum absolute atomic E-state index is 10.9. The van der Waals surface area contributed by atoms with Crippen LogP contribution in [0.2, 0.25) is 0 Å². The van der Waals surface area contributed by atoms with Crippen LogP contribution < -0.4 is 0 Å². The fourth-order valence-corrected chi connectivity index (χ4v) is 4.44. The highest BCUT2D eigenvalue weighted by atomic mass is 16.1. The Morgan fingerprint density at radius 3 is 1.80 bits per heavy atom. The highest BCUT2D eigenvalue weighted by Crippen LogP contribution is 2.39. The maximum atomic E-state index is 10.9. The van der Waals surface area contributed by atoms with Crippen LogP contribution in [0.4, 0.5) is 0 Å². The third-order valence-corrected chi connectivity index (χ3v) is 5.92. The fourth-order valence-electron chi connectivity index (χ4n) is 4.44. The van der Waals surface area contributed by atoms with Crippen LogP contribution >= 0.6 is 0 Å². The SMILES string of the molecule is O=CN1CCC(C2CN(C(c3ccccc3)c3ccccc3)C2)CC1. The van der Waals surface area contributed by atoms with Crippen molar-refractivity contribution in [3.63, 3.8) is 0 Å². The summed E-state index contributed by atoms with van der Waals surface area (Å²) >= 11 is 0. The van der Waals surface area contributed by atoms with Crippen molar-refractivity contribution in [3.8, 4) is 0 Å². The monoisotopic (exact) mass is 334 g/mol. The Bertz CT molecular complexity index is 634. The minimum absolute atomic E-state index is 0.355. The van der Waals surface area contributed by atoms with E-state index in [0.717, 1.165) is 31.3 Å². The molecule has 3 nitrogen and oxygen atoms in total. The average Bonchev–Trinajstić information content (AvgIpc) is 2.66. The predicted octanol–water partition coefficient (Wildman–Crippen LogP) is 3.58. The number of amides is 1. The van der Waals surface area contributed by atoms with Gasteiger partial charge in [0.05, 0.1) is 6.04 Å². The molecule has 2 fully saturated rings. The Hall–Kier alpha value is -2.13. The van der Waals surface area contributed by atoms with E-state index in [4.69, 9.17) is 0 Å². The first-order valence-corrected chi connectivity index (χ1v) is 9.38. The minimum atomic E-state index is 0.355. The van der Waals surface area contributed by atoms with E-state index in [9.17, 15) is 4.79 Å². The maximum Gasteiger partial charge on any atom is 0.209 e. The van der Waals surface area contributed by atoms with Crippen LogP contribution in [0.5, 0.6) is 0 Å². The minimum Gasteiger partial charge on any atom is -0.345 e. The van der Waals surface area contributed by atoms with Crippen molar-refractivity contribution < 1.29 is 4.79 Å². The summed E-state index contributed by atoms with van der Waals surface area (Å²) in [5.74, 6) is 1.56. The molecule has 130 valence electrons. The van der Waals surface area contributed by atoms with Crippen LogP contribution in [0.3, 0.4) is 0 Å². The topological polar surface area (TPSA) is 23.6 Å². The Balaban J connectivity index is 1.45. The molecule has 3 heteroatoms. The molecule has 0 spiro atoms. The molecule has 2 aromatic rings. The largest absolute Gasteiger partial charge is 0.345 e. The summed E-state index contributed by atoms with van der Waals surface area (Å²) in [5.41, 5.74) is 2.76. The van der Waals surface area contributed by atoms with E-state index in [1.165, 1.54) is 37.1 Å². The zero-order valence-electron chi connectivity index (χ0n) is 14.6. The molecule has 0 N–H and O–H groups in total. The number of carbonyl (C=O) groups is 1. The van der Waals surface area contributed by atoms with Crippen molar-refractivity contribution in [2.24, 2.45) is 11.8 Å². The summed E-state index contributed by atoms with van der Waals surface area (Å²) in [4.78, 5) is 15.4. The number of likely N-dealkylation sites (tertiary alicyclic amines) is 2. The van der Waals surface area contributed by atoms with Gasteiger partial charge in [-0.25, -0.2) is 0 Å². The molecule has 2 heterocycles. The summed E-state index contributed by atoms with van der Waals surface area (Å²) < 4.78 is 0. The van der Waals surface area contributed by atoms with E-state index in [2.05, 4.69) is 65.6 Å².